The Morgan fingerprint density at radius 3 is 2.35 bits per heavy atom. The molecule has 0 unspecified atom stereocenters. The maximum Gasteiger partial charge on any atom is 0.168 e. The van der Waals surface area contributed by atoms with Crippen LogP contribution in [0.25, 0.3) is 0 Å². The standard InChI is InChI=1S/C23H17Cl4NO3/c24-17-8-7-16(22(27)12-17)13-30-18-4-1-3-15(11-18)23(29)9-10-28-31-14-19-20(25)5-2-6-21(19)26/h1-8,10-12H,9,13-14H2/b28-10-. The number of rotatable bonds is 9. The minimum atomic E-state index is -0.127. The minimum Gasteiger partial charge on any atom is -0.489 e. The summed E-state index contributed by atoms with van der Waals surface area (Å²) in [5.41, 5.74) is 1.94. The number of hydrogen-bond donors (Lipinski definition) is 0. The molecule has 0 spiro atoms. The van der Waals surface area contributed by atoms with Crippen LogP contribution in [0.1, 0.15) is 27.9 Å². The summed E-state index contributed by atoms with van der Waals surface area (Å²) in [6.07, 6.45) is 1.47. The molecule has 0 aromatic heterocycles. The van der Waals surface area contributed by atoms with Crippen molar-refractivity contribution >= 4 is 58.4 Å². The van der Waals surface area contributed by atoms with Crippen molar-refractivity contribution in [2.75, 3.05) is 0 Å². The molecule has 3 aromatic carbocycles. The second-order valence-electron chi connectivity index (χ2n) is 6.44. The van der Waals surface area contributed by atoms with Crippen LogP contribution in [0.4, 0.5) is 0 Å². The molecule has 4 nitrogen and oxygen atoms in total. The Balaban J connectivity index is 1.52. The molecule has 0 atom stereocenters. The molecule has 0 N–H and O–H groups in total. The minimum absolute atomic E-state index is 0.0721. The highest BCUT2D eigenvalue weighted by molar-refractivity contribution is 6.36. The molecule has 0 fully saturated rings. The largest absolute Gasteiger partial charge is 0.489 e. The van der Waals surface area contributed by atoms with E-state index in [0.717, 1.165) is 5.56 Å². The fourth-order valence-electron chi connectivity index (χ4n) is 2.62. The van der Waals surface area contributed by atoms with Crippen molar-refractivity contribution in [2.45, 2.75) is 19.6 Å². The highest BCUT2D eigenvalue weighted by Gasteiger charge is 2.08. The van der Waals surface area contributed by atoms with Gasteiger partial charge in [-0.1, -0.05) is 75.8 Å². The van der Waals surface area contributed by atoms with Crippen molar-refractivity contribution in [2.24, 2.45) is 5.16 Å². The Bertz CT molecular complexity index is 1080. The number of oxime groups is 1. The maximum atomic E-state index is 12.4. The van der Waals surface area contributed by atoms with E-state index in [1.54, 1.807) is 60.7 Å². The van der Waals surface area contributed by atoms with Crippen molar-refractivity contribution in [1.82, 2.24) is 0 Å². The molecule has 0 radical (unpaired) electrons. The van der Waals surface area contributed by atoms with Crippen LogP contribution < -0.4 is 4.74 Å². The summed E-state index contributed by atoms with van der Waals surface area (Å²) in [6, 6.07) is 17.3. The van der Waals surface area contributed by atoms with Crippen LogP contribution in [0, 0.1) is 0 Å². The molecule has 0 bridgehead atoms. The fraction of sp³-hybridized carbons (Fsp3) is 0.130. The molecule has 3 rings (SSSR count). The van der Waals surface area contributed by atoms with E-state index in [0.29, 0.717) is 37.0 Å². The van der Waals surface area contributed by atoms with Crippen molar-refractivity contribution in [1.29, 1.82) is 0 Å². The fourth-order valence-corrected chi connectivity index (χ4v) is 3.59. The molecule has 8 heteroatoms. The van der Waals surface area contributed by atoms with Crippen LogP contribution >= 0.6 is 46.4 Å². The Kier molecular flexibility index (Phi) is 8.61. The summed E-state index contributed by atoms with van der Waals surface area (Å²) in [5.74, 6) is 0.427. The smallest absolute Gasteiger partial charge is 0.168 e. The molecule has 3 aromatic rings. The van der Waals surface area contributed by atoms with Gasteiger partial charge < -0.3 is 9.57 Å². The Morgan fingerprint density at radius 1 is 0.871 bits per heavy atom. The molecule has 0 aliphatic rings. The van der Waals surface area contributed by atoms with Gasteiger partial charge in [-0.15, -0.1) is 0 Å². The zero-order chi connectivity index (χ0) is 22.2. The van der Waals surface area contributed by atoms with E-state index in [2.05, 4.69) is 5.16 Å². The zero-order valence-electron chi connectivity index (χ0n) is 16.2. The van der Waals surface area contributed by atoms with E-state index in [1.165, 1.54) is 6.21 Å². The van der Waals surface area contributed by atoms with Crippen LogP contribution in [0.3, 0.4) is 0 Å². The van der Waals surface area contributed by atoms with Gasteiger partial charge in [-0.2, -0.15) is 0 Å². The van der Waals surface area contributed by atoms with Crippen molar-refractivity contribution in [3.63, 3.8) is 0 Å². The van der Waals surface area contributed by atoms with Crippen LogP contribution in [-0.4, -0.2) is 12.0 Å². The zero-order valence-corrected chi connectivity index (χ0v) is 19.2. The lowest BCUT2D eigenvalue weighted by atomic mass is 10.1. The predicted molar refractivity (Wildman–Crippen MR) is 126 cm³/mol. The summed E-state index contributed by atoms with van der Waals surface area (Å²) in [6.45, 7) is 0.368. The summed E-state index contributed by atoms with van der Waals surface area (Å²) >= 11 is 24.2. The number of ketones is 1. The van der Waals surface area contributed by atoms with Gasteiger partial charge in [0.15, 0.2) is 5.78 Å². The number of carbonyl (C=O) groups excluding carboxylic acids is 1. The highest BCUT2D eigenvalue weighted by Crippen LogP contribution is 2.25. The second kappa shape index (κ2) is 11.4. The molecule has 160 valence electrons. The van der Waals surface area contributed by atoms with Gasteiger partial charge in [-0.25, -0.2) is 0 Å². The predicted octanol–water partition coefficient (Wildman–Crippen LogP) is 7.65. The molecule has 0 amide bonds. The van der Waals surface area contributed by atoms with Crippen LogP contribution in [-0.2, 0) is 18.1 Å². The van der Waals surface area contributed by atoms with Crippen molar-refractivity contribution in [3.05, 3.63) is 97.4 Å². The first-order valence-corrected chi connectivity index (χ1v) is 10.7. The number of hydrogen-bond acceptors (Lipinski definition) is 4. The van der Waals surface area contributed by atoms with Gasteiger partial charge in [0.1, 0.15) is 19.0 Å². The summed E-state index contributed by atoms with van der Waals surface area (Å²) in [5, 5.41) is 5.88. The summed E-state index contributed by atoms with van der Waals surface area (Å²) < 4.78 is 5.75. The molecule has 0 saturated carbocycles. The SMILES string of the molecule is O=C(C/C=N\OCc1c(Cl)cccc1Cl)c1cccc(OCc2ccc(Cl)cc2Cl)c1. The Labute approximate surface area is 200 Å². The third-order valence-electron chi connectivity index (χ3n) is 4.26. The molecule has 0 aliphatic carbocycles. The highest BCUT2D eigenvalue weighted by atomic mass is 35.5. The van der Waals surface area contributed by atoms with Gasteiger partial charge >= 0.3 is 0 Å². The van der Waals surface area contributed by atoms with Gasteiger partial charge in [0.25, 0.3) is 0 Å². The van der Waals surface area contributed by atoms with E-state index in [9.17, 15) is 4.79 Å². The van der Waals surface area contributed by atoms with Crippen LogP contribution in [0.5, 0.6) is 5.75 Å². The first-order valence-electron chi connectivity index (χ1n) is 9.20. The molecule has 0 saturated heterocycles. The Morgan fingerprint density at radius 2 is 1.61 bits per heavy atom. The average Bonchev–Trinajstić information content (AvgIpc) is 2.75. The third-order valence-corrected chi connectivity index (χ3v) is 5.56. The van der Waals surface area contributed by atoms with Gasteiger partial charge in [0, 0.05) is 43.2 Å². The molecular weight excluding hydrogens is 480 g/mol. The lowest BCUT2D eigenvalue weighted by Gasteiger charge is -2.09. The first kappa shape index (κ1) is 23.4. The monoisotopic (exact) mass is 495 g/mol. The van der Waals surface area contributed by atoms with Gasteiger partial charge in [0.2, 0.25) is 0 Å². The number of nitrogens with zero attached hydrogens (tertiary/aromatic N) is 1. The molecule has 0 heterocycles. The molecule has 31 heavy (non-hydrogen) atoms. The summed E-state index contributed by atoms with van der Waals surface area (Å²) in [7, 11) is 0. The van der Waals surface area contributed by atoms with Gasteiger partial charge in [-0.05, 0) is 36.4 Å². The lowest BCUT2D eigenvalue weighted by molar-refractivity contribution is 0.0995. The number of carbonyl (C=O) groups is 1. The molecular formula is C23H17Cl4NO3. The van der Waals surface area contributed by atoms with Crippen molar-refractivity contribution in [3.8, 4) is 5.75 Å². The van der Waals surface area contributed by atoms with E-state index in [-0.39, 0.29) is 25.4 Å². The third kappa shape index (κ3) is 6.88. The van der Waals surface area contributed by atoms with E-state index < -0.39 is 0 Å². The maximum absolute atomic E-state index is 12.4. The number of ether oxygens (including phenoxy) is 1. The van der Waals surface area contributed by atoms with E-state index in [4.69, 9.17) is 56.0 Å². The van der Waals surface area contributed by atoms with Gasteiger partial charge in [0.05, 0.1) is 6.21 Å². The second-order valence-corrected chi connectivity index (χ2v) is 8.10. The topological polar surface area (TPSA) is 47.9 Å². The number of halogens is 4. The number of Topliss-reactive ketones (excluding diaryl/α,β-unsaturated/α-hetero) is 1. The van der Waals surface area contributed by atoms with Crippen LogP contribution in [0.2, 0.25) is 20.1 Å². The van der Waals surface area contributed by atoms with Crippen LogP contribution in [0.15, 0.2) is 65.8 Å². The summed E-state index contributed by atoms with van der Waals surface area (Å²) in [4.78, 5) is 17.6. The van der Waals surface area contributed by atoms with Gasteiger partial charge in [-0.3, -0.25) is 4.79 Å². The average molecular weight is 497 g/mol. The normalized spacial score (nSPS) is 11.0. The number of benzene rings is 3. The van der Waals surface area contributed by atoms with E-state index in [1.807, 2.05) is 0 Å². The van der Waals surface area contributed by atoms with Crippen molar-refractivity contribution < 1.29 is 14.4 Å². The first-order chi connectivity index (χ1) is 14.9. The molecule has 0 aliphatic heterocycles. The Hall–Kier alpha value is -2.24. The quantitative estimate of drug-likeness (QED) is 0.173. The lowest BCUT2D eigenvalue weighted by Crippen LogP contribution is -2.02. The van der Waals surface area contributed by atoms with E-state index >= 15 is 0 Å².